The molecular formula is C33H33N3O4. The second-order valence-electron chi connectivity index (χ2n) is 9.44. The minimum atomic E-state index is -0.971. The third kappa shape index (κ3) is 7.20. The highest BCUT2D eigenvalue weighted by atomic mass is 16.4. The molecule has 0 saturated carbocycles. The van der Waals surface area contributed by atoms with Crippen molar-refractivity contribution < 1.29 is 19.5 Å². The molecule has 40 heavy (non-hydrogen) atoms. The number of aromatic nitrogens is 1. The predicted molar refractivity (Wildman–Crippen MR) is 155 cm³/mol. The first-order chi connectivity index (χ1) is 19.5. The number of carbonyl (C=O) groups is 3. The van der Waals surface area contributed by atoms with Crippen molar-refractivity contribution in [3.8, 4) is 11.1 Å². The van der Waals surface area contributed by atoms with Gasteiger partial charge >= 0.3 is 5.97 Å². The van der Waals surface area contributed by atoms with Crippen LogP contribution in [-0.4, -0.2) is 57.3 Å². The topological polar surface area (TPSA) is 90.8 Å². The van der Waals surface area contributed by atoms with E-state index in [0.717, 1.165) is 11.1 Å². The monoisotopic (exact) mass is 535 g/mol. The summed E-state index contributed by atoms with van der Waals surface area (Å²) >= 11 is 0. The first-order valence-electron chi connectivity index (χ1n) is 13.4. The number of nitrogens with zero attached hydrogens (tertiary/aromatic N) is 3. The van der Waals surface area contributed by atoms with Crippen LogP contribution in [0.1, 0.15) is 45.2 Å². The Morgan fingerprint density at radius 3 is 1.85 bits per heavy atom. The number of rotatable bonds is 12. The quantitative estimate of drug-likeness (QED) is 0.256. The highest BCUT2D eigenvalue weighted by molar-refractivity contribution is 6.06. The van der Waals surface area contributed by atoms with Crippen molar-refractivity contribution >= 4 is 17.8 Å². The molecule has 7 heteroatoms. The summed E-state index contributed by atoms with van der Waals surface area (Å²) in [4.78, 5) is 46.6. The summed E-state index contributed by atoms with van der Waals surface area (Å²) in [5.74, 6) is -1.37. The summed E-state index contributed by atoms with van der Waals surface area (Å²) in [6.07, 6.45) is 3.80. The molecule has 0 aliphatic heterocycles. The van der Waals surface area contributed by atoms with Crippen LogP contribution in [0.4, 0.5) is 0 Å². The molecule has 0 radical (unpaired) electrons. The first-order valence-corrected chi connectivity index (χ1v) is 13.4. The zero-order chi connectivity index (χ0) is 28.3. The van der Waals surface area contributed by atoms with Gasteiger partial charge in [-0.05, 0) is 53.8 Å². The molecular weight excluding hydrogens is 502 g/mol. The molecule has 4 aromatic rings. The minimum absolute atomic E-state index is 0.0734. The normalized spacial score (nSPS) is 10.6. The van der Waals surface area contributed by atoms with Gasteiger partial charge < -0.3 is 14.9 Å². The number of carbonyl (C=O) groups excluding carboxylic acids is 2. The molecule has 204 valence electrons. The van der Waals surface area contributed by atoms with Gasteiger partial charge in [-0.25, -0.2) is 0 Å². The second kappa shape index (κ2) is 13.8. The Hall–Kier alpha value is -4.78. The molecule has 0 fully saturated rings. The molecule has 1 N–H and O–H groups in total. The molecule has 1 heterocycles. The van der Waals surface area contributed by atoms with E-state index < -0.39 is 5.97 Å². The van der Waals surface area contributed by atoms with Gasteiger partial charge in [-0.3, -0.25) is 19.4 Å². The van der Waals surface area contributed by atoms with Crippen LogP contribution in [0.2, 0.25) is 0 Å². The van der Waals surface area contributed by atoms with Gasteiger partial charge in [-0.15, -0.1) is 0 Å². The Balaban J connectivity index is 1.65. The Bertz CT molecular complexity index is 1440. The van der Waals surface area contributed by atoms with Gasteiger partial charge in [-0.1, -0.05) is 72.8 Å². The maximum absolute atomic E-state index is 13.9. The zero-order valence-corrected chi connectivity index (χ0v) is 22.6. The first kappa shape index (κ1) is 28.2. The Morgan fingerprint density at radius 1 is 0.700 bits per heavy atom. The van der Waals surface area contributed by atoms with E-state index in [1.807, 2.05) is 79.7 Å². The van der Waals surface area contributed by atoms with E-state index in [4.69, 9.17) is 0 Å². The fraction of sp³-hybridized carbons (Fsp3) is 0.212. The summed E-state index contributed by atoms with van der Waals surface area (Å²) in [5, 5.41) is 9.32. The number of amides is 2. The molecule has 0 saturated heterocycles. The number of pyridine rings is 1. The molecule has 0 atom stereocenters. The fourth-order valence-electron chi connectivity index (χ4n) is 4.64. The van der Waals surface area contributed by atoms with Crippen LogP contribution in [0.15, 0.2) is 103 Å². The highest BCUT2D eigenvalue weighted by Gasteiger charge is 2.24. The number of hydrogen-bond acceptors (Lipinski definition) is 4. The molecule has 7 nitrogen and oxygen atoms in total. The summed E-state index contributed by atoms with van der Waals surface area (Å²) in [6, 6.07) is 28.1. The second-order valence-corrected chi connectivity index (χ2v) is 9.44. The van der Waals surface area contributed by atoms with E-state index in [2.05, 4.69) is 4.98 Å². The third-order valence-electron chi connectivity index (χ3n) is 6.77. The molecule has 0 aliphatic carbocycles. The van der Waals surface area contributed by atoms with E-state index in [-0.39, 0.29) is 24.8 Å². The molecule has 4 rings (SSSR count). The van der Waals surface area contributed by atoms with E-state index in [9.17, 15) is 19.5 Å². The van der Waals surface area contributed by atoms with Crippen molar-refractivity contribution in [1.29, 1.82) is 0 Å². The maximum atomic E-state index is 13.9. The average Bonchev–Trinajstić information content (AvgIpc) is 3.00. The van der Waals surface area contributed by atoms with E-state index >= 15 is 0 Å². The van der Waals surface area contributed by atoms with Crippen LogP contribution in [0.5, 0.6) is 0 Å². The van der Waals surface area contributed by atoms with E-state index in [0.29, 0.717) is 48.3 Å². The molecule has 0 bridgehead atoms. The van der Waals surface area contributed by atoms with Crippen molar-refractivity contribution in [2.24, 2.45) is 0 Å². The SMILES string of the molecule is CCN(Cc1ccccc1)C(=O)c1ccccc1-c1ccccc1C(=O)N(CCC(=O)O)CCc1cccnc1. The van der Waals surface area contributed by atoms with Gasteiger partial charge in [0.1, 0.15) is 0 Å². The van der Waals surface area contributed by atoms with Gasteiger partial charge in [0.25, 0.3) is 11.8 Å². The van der Waals surface area contributed by atoms with Crippen LogP contribution in [0, 0.1) is 0 Å². The lowest BCUT2D eigenvalue weighted by Crippen LogP contribution is -2.35. The number of benzene rings is 3. The van der Waals surface area contributed by atoms with Gasteiger partial charge in [0.15, 0.2) is 0 Å². The molecule has 3 aromatic carbocycles. The van der Waals surface area contributed by atoms with Crippen molar-refractivity contribution in [2.45, 2.75) is 26.3 Å². The number of carboxylic acids is 1. The minimum Gasteiger partial charge on any atom is -0.481 e. The van der Waals surface area contributed by atoms with Crippen LogP contribution < -0.4 is 0 Å². The lowest BCUT2D eigenvalue weighted by molar-refractivity contribution is -0.137. The smallest absolute Gasteiger partial charge is 0.305 e. The van der Waals surface area contributed by atoms with E-state index in [1.165, 1.54) is 0 Å². The lowest BCUT2D eigenvalue weighted by Gasteiger charge is -2.25. The largest absolute Gasteiger partial charge is 0.481 e. The zero-order valence-electron chi connectivity index (χ0n) is 22.6. The fourth-order valence-corrected chi connectivity index (χ4v) is 4.64. The predicted octanol–water partition coefficient (Wildman–Crippen LogP) is 5.57. The number of carboxylic acid groups (broad SMARTS) is 1. The van der Waals surface area contributed by atoms with Gasteiger partial charge in [0.05, 0.1) is 6.42 Å². The molecule has 1 aromatic heterocycles. The van der Waals surface area contributed by atoms with Crippen molar-refractivity contribution in [2.75, 3.05) is 19.6 Å². The summed E-state index contributed by atoms with van der Waals surface area (Å²) in [7, 11) is 0. The summed E-state index contributed by atoms with van der Waals surface area (Å²) in [5.41, 5.74) is 4.21. The summed E-state index contributed by atoms with van der Waals surface area (Å²) < 4.78 is 0. The number of hydrogen-bond donors (Lipinski definition) is 1. The Morgan fingerprint density at radius 2 is 1.27 bits per heavy atom. The van der Waals surface area contributed by atoms with Crippen LogP contribution in [0.3, 0.4) is 0 Å². The Kier molecular flexibility index (Phi) is 9.77. The standard InChI is InChI=1S/C33H33N3O4/c1-2-35(24-26-11-4-3-5-12-26)32(39)29-16-8-6-14-27(29)28-15-7-9-17-30(28)33(40)36(22-19-31(37)38)21-18-25-13-10-20-34-23-25/h3-17,20,23H,2,18-19,21-22,24H2,1H3,(H,37,38). The summed E-state index contributed by atoms with van der Waals surface area (Å²) in [6.45, 7) is 3.36. The van der Waals surface area contributed by atoms with Crippen molar-refractivity contribution in [3.63, 3.8) is 0 Å². The van der Waals surface area contributed by atoms with Crippen molar-refractivity contribution in [3.05, 3.63) is 126 Å². The van der Waals surface area contributed by atoms with Gasteiger partial charge in [0, 0.05) is 49.7 Å². The van der Waals surface area contributed by atoms with Crippen molar-refractivity contribution in [1.82, 2.24) is 14.8 Å². The molecule has 2 amide bonds. The van der Waals surface area contributed by atoms with Crippen LogP contribution in [0.25, 0.3) is 11.1 Å². The van der Waals surface area contributed by atoms with Crippen LogP contribution >= 0.6 is 0 Å². The Labute approximate surface area is 234 Å². The average molecular weight is 536 g/mol. The van der Waals surface area contributed by atoms with Gasteiger partial charge in [0.2, 0.25) is 0 Å². The lowest BCUT2D eigenvalue weighted by atomic mass is 9.93. The molecule has 0 spiro atoms. The van der Waals surface area contributed by atoms with E-state index in [1.54, 1.807) is 40.4 Å². The molecule has 0 aliphatic rings. The molecule has 0 unspecified atom stereocenters. The third-order valence-corrected chi connectivity index (χ3v) is 6.77. The van der Waals surface area contributed by atoms with Crippen LogP contribution in [-0.2, 0) is 17.8 Å². The number of aliphatic carboxylic acids is 1. The highest BCUT2D eigenvalue weighted by Crippen LogP contribution is 2.29. The van der Waals surface area contributed by atoms with Gasteiger partial charge in [-0.2, -0.15) is 0 Å². The maximum Gasteiger partial charge on any atom is 0.305 e.